The van der Waals surface area contributed by atoms with Gasteiger partial charge in [0.05, 0.1) is 5.92 Å². The Morgan fingerprint density at radius 2 is 1.93 bits per heavy atom. The lowest BCUT2D eigenvalue weighted by atomic mass is 9.89. The molecular formula is C10H14O4. The molecule has 1 rings (SSSR count). The maximum absolute atomic E-state index is 10.8. The summed E-state index contributed by atoms with van der Waals surface area (Å²) in [6, 6.07) is 0. The molecule has 1 aliphatic rings. The molecule has 1 aliphatic carbocycles. The Hall–Kier alpha value is -1.32. The van der Waals surface area contributed by atoms with Gasteiger partial charge in [0.2, 0.25) is 0 Å². The van der Waals surface area contributed by atoms with E-state index in [0.717, 1.165) is 19.3 Å². The van der Waals surface area contributed by atoms with Gasteiger partial charge in [-0.2, -0.15) is 0 Å². The summed E-state index contributed by atoms with van der Waals surface area (Å²) in [6.07, 6.45) is 5.39. The van der Waals surface area contributed by atoms with E-state index in [1.165, 1.54) is 0 Å². The number of carboxylic acid groups (broad SMARTS) is 2. The van der Waals surface area contributed by atoms with Crippen LogP contribution in [-0.4, -0.2) is 22.2 Å². The van der Waals surface area contributed by atoms with Crippen molar-refractivity contribution in [3.05, 3.63) is 11.6 Å². The van der Waals surface area contributed by atoms with Gasteiger partial charge < -0.3 is 10.2 Å². The van der Waals surface area contributed by atoms with Crippen molar-refractivity contribution in [3.8, 4) is 0 Å². The van der Waals surface area contributed by atoms with E-state index in [0.29, 0.717) is 12.8 Å². The molecule has 0 heterocycles. The standard InChI is InChI=1S/C10H14O4/c11-9(12)7-5-3-1-2-4-6-8(7)10(13)14/h5,8H,1-4,6H2,(H,11,12)(H,13,14)/b7-5+. The summed E-state index contributed by atoms with van der Waals surface area (Å²) in [4.78, 5) is 21.6. The number of carboxylic acids is 2. The van der Waals surface area contributed by atoms with Gasteiger partial charge in [-0.25, -0.2) is 4.79 Å². The molecule has 14 heavy (non-hydrogen) atoms. The Balaban J connectivity index is 2.88. The summed E-state index contributed by atoms with van der Waals surface area (Å²) in [6.45, 7) is 0. The highest BCUT2D eigenvalue weighted by atomic mass is 16.4. The number of rotatable bonds is 2. The van der Waals surface area contributed by atoms with E-state index in [1.54, 1.807) is 6.08 Å². The van der Waals surface area contributed by atoms with Crippen LogP contribution >= 0.6 is 0 Å². The Kier molecular flexibility index (Phi) is 3.68. The van der Waals surface area contributed by atoms with Crippen molar-refractivity contribution >= 4 is 11.9 Å². The van der Waals surface area contributed by atoms with Crippen molar-refractivity contribution in [2.45, 2.75) is 32.1 Å². The Morgan fingerprint density at radius 3 is 2.50 bits per heavy atom. The highest BCUT2D eigenvalue weighted by molar-refractivity contribution is 5.93. The minimum atomic E-state index is -1.10. The van der Waals surface area contributed by atoms with E-state index < -0.39 is 17.9 Å². The predicted molar refractivity (Wildman–Crippen MR) is 49.9 cm³/mol. The fourth-order valence-corrected chi connectivity index (χ4v) is 1.72. The number of carbonyl (C=O) groups is 2. The second-order valence-corrected chi connectivity index (χ2v) is 3.49. The zero-order valence-corrected chi connectivity index (χ0v) is 7.90. The third-order valence-corrected chi connectivity index (χ3v) is 2.48. The zero-order valence-electron chi connectivity index (χ0n) is 7.90. The zero-order chi connectivity index (χ0) is 10.6. The summed E-state index contributed by atoms with van der Waals surface area (Å²) < 4.78 is 0. The third kappa shape index (κ3) is 2.58. The Labute approximate surface area is 82.2 Å². The number of hydrogen-bond acceptors (Lipinski definition) is 2. The SMILES string of the molecule is O=C(O)/C1=C/CCCCCC1C(=O)O. The quantitative estimate of drug-likeness (QED) is 0.707. The number of allylic oxidation sites excluding steroid dienone is 1. The smallest absolute Gasteiger partial charge is 0.332 e. The lowest BCUT2D eigenvalue weighted by Crippen LogP contribution is -2.22. The maximum atomic E-state index is 10.8. The molecule has 0 aromatic rings. The molecule has 0 spiro atoms. The second kappa shape index (κ2) is 4.79. The first-order valence-corrected chi connectivity index (χ1v) is 4.79. The first-order chi connectivity index (χ1) is 6.63. The van der Waals surface area contributed by atoms with Crippen LogP contribution in [0.25, 0.3) is 0 Å². The molecule has 0 saturated carbocycles. The van der Waals surface area contributed by atoms with Crippen LogP contribution < -0.4 is 0 Å². The molecule has 0 radical (unpaired) electrons. The monoisotopic (exact) mass is 198 g/mol. The molecule has 0 aromatic heterocycles. The lowest BCUT2D eigenvalue weighted by molar-refractivity contribution is -0.144. The highest BCUT2D eigenvalue weighted by Crippen LogP contribution is 2.23. The Morgan fingerprint density at radius 1 is 1.21 bits per heavy atom. The van der Waals surface area contributed by atoms with Crippen LogP contribution in [0.15, 0.2) is 11.6 Å². The molecular weight excluding hydrogens is 184 g/mol. The van der Waals surface area contributed by atoms with Gasteiger partial charge in [0, 0.05) is 5.57 Å². The molecule has 0 saturated heterocycles. The van der Waals surface area contributed by atoms with Gasteiger partial charge in [-0.15, -0.1) is 0 Å². The molecule has 1 unspecified atom stereocenters. The van der Waals surface area contributed by atoms with Gasteiger partial charge in [0.25, 0.3) is 0 Å². The average molecular weight is 198 g/mol. The first-order valence-electron chi connectivity index (χ1n) is 4.79. The first kappa shape index (κ1) is 10.8. The highest BCUT2D eigenvalue weighted by Gasteiger charge is 2.27. The van der Waals surface area contributed by atoms with Gasteiger partial charge >= 0.3 is 11.9 Å². The van der Waals surface area contributed by atoms with Crippen LogP contribution in [0.3, 0.4) is 0 Å². The molecule has 0 fully saturated rings. The predicted octanol–water partition coefficient (Wildman–Crippen LogP) is 1.66. The van der Waals surface area contributed by atoms with E-state index in [-0.39, 0.29) is 5.57 Å². The summed E-state index contributed by atoms with van der Waals surface area (Å²) in [5, 5.41) is 17.7. The number of hydrogen-bond donors (Lipinski definition) is 2. The molecule has 4 nitrogen and oxygen atoms in total. The second-order valence-electron chi connectivity index (χ2n) is 3.49. The minimum Gasteiger partial charge on any atom is -0.481 e. The van der Waals surface area contributed by atoms with Crippen molar-refractivity contribution < 1.29 is 19.8 Å². The van der Waals surface area contributed by atoms with E-state index >= 15 is 0 Å². The van der Waals surface area contributed by atoms with Gasteiger partial charge in [-0.1, -0.05) is 18.9 Å². The van der Waals surface area contributed by atoms with Crippen molar-refractivity contribution in [3.63, 3.8) is 0 Å². The van der Waals surface area contributed by atoms with Crippen molar-refractivity contribution in [1.29, 1.82) is 0 Å². The van der Waals surface area contributed by atoms with Gasteiger partial charge in [-0.05, 0) is 19.3 Å². The minimum absolute atomic E-state index is 0.0530. The van der Waals surface area contributed by atoms with E-state index in [1.807, 2.05) is 0 Å². The lowest BCUT2D eigenvalue weighted by Gasteiger charge is -2.15. The van der Waals surface area contributed by atoms with Crippen molar-refractivity contribution in [2.24, 2.45) is 5.92 Å². The fourth-order valence-electron chi connectivity index (χ4n) is 1.72. The van der Waals surface area contributed by atoms with Crippen LogP contribution in [-0.2, 0) is 9.59 Å². The summed E-state index contributed by atoms with van der Waals surface area (Å²) in [5.74, 6) is -2.95. The molecule has 0 amide bonds. The van der Waals surface area contributed by atoms with Crippen LogP contribution in [0.4, 0.5) is 0 Å². The topological polar surface area (TPSA) is 74.6 Å². The number of aliphatic carboxylic acids is 2. The summed E-state index contributed by atoms with van der Waals surface area (Å²) in [5.41, 5.74) is 0.0530. The van der Waals surface area contributed by atoms with E-state index in [9.17, 15) is 9.59 Å². The van der Waals surface area contributed by atoms with Crippen molar-refractivity contribution in [2.75, 3.05) is 0 Å². The molecule has 1 atom stereocenters. The van der Waals surface area contributed by atoms with Gasteiger partial charge in [0.1, 0.15) is 0 Å². The largest absolute Gasteiger partial charge is 0.481 e. The fraction of sp³-hybridized carbons (Fsp3) is 0.600. The Bertz CT molecular complexity index is 267. The van der Waals surface area contributed by atoms with Crippen LogP contribution in [0.5, 0.6) is 0 Å². The average Bonchev–Trinajstić information content (AvgIpc) is 2.01. The van der Waals surface area contributed by atoms with Crippen molar-refractivity contribution in [1.82, 2.24) is 0 Å². The molecule has 4 heteroatoms. The molecule has 78 valence electrons. The van der Waals surface area contributed by atoms with Crippen LogP contribution in [0.2, 0.25) is 0 Å². The van der Waals surface area contributed by atoms with Gasteiger partial charge in [-0.3, -0.25) is 4.79 Å². The van der Waals surface area contributed by atoms with Crippen LogP contribution in [0.1, 0.15) is 32.1 Å². The summed E-state index contributed by atoms with van der Waals surface area (Å²) in [7, 11) is 0. The van der Waals surface area contributed by atoms with E-state index in [2.05, 4.69) is 0 Å². The molecule has 2 N–H and O–H groups in total. The van der Waals surface area contributed by atoms with E-state index in [4.69, 9.17) is 10.2 Å². The normalized spacial score (nSPS) is 26.9. The molecule has 0 aromatic carbocycles. The molecule has 0 aliphatic heterocycles. The van der Waals surface area contributed by atoms with Gasteiger partial charge in [0.15, 0.2) is 0 Å². The maximum Gasteiger partial charge on any atom is 0.332 e. The summed E-state index contributed by atoms with van der Waals surface area (Å²) >= 11 is 0. The van der Waals surface area contributed by atoms with Crippen LogP contribution in [0, 0.1) is 5.92 Å². The third-order valence-electron chi connectivity index (χ3n) is 2.48. The molecule has 0 bridgehead atoms.